The lowest BCUT2D eigenvalue weighted by atomic mass is 10.1. The number of nitriles is 1. The Morgan fingerprint density at radius 3 is 2.62 bits per heavy atom. The SMILES string of the molecule is N#Cc1cc(F)c(CC=O)cc1F. The fourth-order valence-corrected chi connectivity index (χ4v) is 0.920. The maximum atomic E-state index is 12.9. The van der Waals surface area contributed by atoms with E-state index >= 15 is 0 Å². The van der Waals surface area contributed by atoms with Gasteiger partial charge >= 0.3 is 0 Å². The Hall–Kier alpha value is -1.76. The maximum Gasteiger partial charge on any atom is 0.141 e. The monoisotopic (exact) mass is 181 g/mol. The van der Waals surface area contributed by atoms with Crippen LogP contribution in [0.2, 0.25) is 0 Å². The average Bonchev–Trinajstić information content (AvgIpc) is 2.11. The Balaban J connectivity index is 3.21. The number of aldehydes is 1. The van der Waals surface area contributed by atoms with Crippen molar-refractivity contribution in [3.8, 4) is 6.07 Å². The topological polar surface area (TPSA) is 40.9 Å². The molecule has 0 radical (unpaired) electrons. The van der Waals surface area contributed by atoms with Crippen LogP contribution in [-0.2, 0) is 11.2 Å². The second kappa shape index (κ2) is 3.76. The Kier molecular flexibility index (Phi) is 2.70. The summed E-state index contributed by atoms with van der Waals surface area (Å²) in [6.07, 6.45) is 0.290. The summed E-state index contributed by atoms with van der Waals surface area (Å²) in [5.41, 5.74) is -0.390. The molecule has 4 heteroatoms. The Morgan fingerprint density at radius 1 is 1.38 bits per heavy atom. The highest BCUT2D eigenvalue weighted by molar-refractivity contribution is 5.55. The van der Waals surface area contributed by atoms with Crippen LogP contribution in [0.3, 0.4) is 0 Å². The fraction of sp³-hybridized carbons (Fsp3) is 0.111. The molecule has 1 rings (SSSR count). The normalized spacial score (nSPS) is 9.31. The quantitative estimate of drug-likeness (QED) is 0.650. The van der Waals surface area contributed by atoms with Gasteiger partial charge in [-0.1, -0.05) is 0 Å². The largest absolute Gasteiger partial charge is 0.303 e. The number of benzene rings is 1. The second-order valence-corrected chi connectivity index (χ2v) is 2.41. The van der Waals surface area contributed by atoms with Crippen molar-refractivity contribution in [2.45, 2.75) is 6.42 Å². The minimum Gasteiger partial charge on any atom is -0.303 e. The Labute approximate surface area is 73.4 Å². The van der Waals surface area contributed by atoms with Crippen LogP contribution in [0.4, 0.5) is 8.78 Å². The lowest BCUT2D eigenvalue weighted by molar-refractivity contribution is -0.107. The first-order valence-corrected chi connectivity index (χ1v) is 3.50. The van der Waals surface area contributed by atoms with Gasteiger partial charge in [-0.05, 0) is 17.7 Å². The zero-order valence-corrected chi connectivity index (χ0v) is 6.55. The highest BCUT2D eigenvalue weighted by Crippen LogP contribution is 2.14. The first kappa shape index (κ1) is 9.33. The standard InChI is InChI=1S/C9H5F2NO/c10-8-4-7(5-12)9(11)3-6(8)1-2-13/h2-4H,1H2. The van der Waals surface area contributed by atoms with E-state index in [0.29, 0.717) is 6.29 Å². The number of rotatable bonds is 2. The molecule has 0 aliphatic heterocycles. The number of hydrogen-bond donors (Lipinski definition) is 0. The molecule has 0 bridgehead atoms. The molecule has 13 heavy (non-hydrogen) atoms. The minimum atomic E-state index is -0.805. The first-order chi connectivity index (χ1) is 6.19. The van der Waals surface area contributed by atoms with Crippen LogP contribution in [0.15, 0.2) is 12.1 Å². The van der Waals surface area contributed by atoms with E-state index in [9.17, 15) is 13.6 Å². The summed E-state index contributed by atoms with van der Waals surface area (Å²) in [4.78, 5) is 10.0. The van der Waals surface area contributed by atoms with E-state index in [4.69, 9.17) is 5.26 Å². The zero-order chi connectivity index (χ0) is 9.84. The molecule has 0 fully saturated rings. The van der Waals surface area contributed by atoms with Gasteiger partial charge in [-0.2, -0.15) is 5.26 Å². The van der Waals surface area contributed by atoms with Gasteiger partial charge in [-0.15, -0.1) is 0 Å². The summed E-state index contributed by atoms with van der Waals surface area (Å²) in [7, 11) is 0. The van der Waals surface area contributed by atoms with E-state index in [-0.39, 0.29) is 17.5 Å². The van der Waals surface area contributed by atoms with Crippen molar-refractivity contribution in [3.05, 3.63) is 34.9 Å². The molecular formula is C9H5F2NO. The van der Waals surface area contributed by atoms with Crippen molar-refractivity contribution >= 4 is 6.29 Å². The molecule has 0 saturated carbocycles. The molecule has 1 aromatic carbocycles. The summed E-state index contributed by atoms with van der Waals surface area (Å²) >= 11 is 0. The highest BCUT2D eigenvalue weighted by atomic mass is 19.1. The molecule has 66 valence electrons. The minimum absolute atomic E-state index is 0.0356. The molecular weight excluding hydrogens is 176 g/mol. The summed E-state index contributed by atoms with van der Waals surface area (Å²) in [6, 6.07) is 3.15. The molecule has 2 nitrogen and oxygen atoms in total. The average molecular weight is 181 g/mol. The third kappa shape index (κ3) is 1.88. The van der Waals surface area contributed by atoms with E-state index in [0.717, 1.165) is 12.1 Å². The second-order valence-electron chi connectivity index (χ2n) is 2.41. The van der Waals surface area contributed by atoms with Crippen LogP contribution in [0.1, 0.15) is 11.1 Å². The van der Waals surface area contributed by atoms with Gasteiger partial charge in [0.05, 0.1) is 5.56 Å². The molecule has 0 atom stereocenters. The van der Waals surface area contributed by atoms with Crippen molar-refractivity contribution in [2.75, 3.05) is 0 Å². The van der Waals surface area contributed by atoms with Crippen LogP contribution in [-0.4, -0.2) is 6.29 Å². The van der Waals surface area contributed by atoms with E-state index in [1.54, 1.807) is 0 Å². The maximum absolute atomic E-state index is 12.9. The molecule has 0 aromatic heterocycles. The third-order valence-electron chi connectivity index (χ3n) is 1.56. The molecule has 0 saturated heterocycles. The van der Waals surface area contributed by atoms with E-state index in [1.165, 1.54) is 6.07 Å². The van der Waals surface area contributed by atoms with Crippen LogP contribution >= 0.6 is 0 Å². The van der Waals surface area contributed by atoms with Crippen molar-refractivity contribution in [3.63, 3.8) is 0 Å². The molecule has 0 aliphatic rings. The van der Waals surface area contributed by atoms with Gasteiger partial charge in [0.2, 0.25) is 0 Å². The predicted octanol–water partition coefficient (Wildman–Crippen LogP) is 1.58. The summed E-state index contributed by atoms with van der Waals surface area (Å²) in [5, 5.41) is 8.34. The lowest BCUT2D eigenvalue weighted by Crippen LogP contribution is -1.95. The number of halogens is 2. The Morgan fingerprint density at radius 2 is 2.08 bits per heavy atom. The molecule has 0 amide bonds. The van der Waals surface area contributed by atoms with E-state index in [1.807, 2.05) is 0 Å². The predicted molar refractivity (Wildman–Crippen MR) is 40.8 cm³/mol. The van der Waals surface area contributed by atoms with Crippen molar-refractivity contribution in [2.24, 2.45) is 0 Å². The number of carbonyl (C=O) groups is 1. The summed E-state index contributed by atoms with van der Waals surface area (Å²) in [6.45, 7) is 0. The summed E-state index contributed by atoms with van der Waals surface area (Å²) in [5.74, 6) is -1.54. The molecule has 0 N–H and O–H groups in total. The van der Waals surface area contributed by atoms with Crippen LogP contribution in [0.25, 0.3) is 0 Å². The van der Waals surface area contributed by atoms with Gasteiger partial charge in [0.1, 0.15) is 24.0 Å². The van der Waals surface area contributed by atoms with Crippen molar-refractivity contribution < 1.29 is 13.6 Å². The van der Waals surface area contributed by atoms with E-state index in [2.05, 4.69) is 0 Å². The summed E-state index contributed by atoms with van der Waals surface area (Å²) < 4.78 is 25.8. The van der Waals surface area contributed by atoms with Gasteiger partial charge < -0.3 is 4.79 Å². The third-order valence-corrected chi connectivity index (χ3v) is 1.56. The molecule has 0 heterocycles. The van der Waals surface area contributed by atoms with Gasteiger partial charge in [-0.3, -0.25) is 0 Å². The Bertz CT molecular complexity index is 382. The van der Waals surface area contributed by atoms with E-state index < -0.39 is 11.6 Å². The van der Waals surface area contributed by atoms with Gasteiger partial charge in [0, 0.05) is 6.42 Å². The van der Waals surface area contributed by atoms with Crippen molar-refractivity contribution in [1.29, 1.82) is 5.26 Å². The molecule has 0 spiro atoms. The van der Waals surface area contributed by atoms with Crippen LogP contribution < -0.4 is 0 Å². The number of carbonyl (C=O) groups excluding carboxylic acids is 1. The van der Waals surface area contributed by atoms with Crippen molar-refractivity contribution in [1.82, 2.24) is 0 Å². The van der Waals surface area contributed by atoms with Gasteiger partial charge in [0.25, 0.3) is 0 Å². The smallest absolute Gasteiger partial charge is 0.141 e. The van der Waals surface area contributed by atoms with Gasteiger partial charge in [0.15, 0.2) is 0 Å². The highest BCUT2D eigenvalue weighted by Gasteiger charge is 2.08. The molecule has 0 aliphatic carbocycles. The number of nitrogens with zero attached hydrogens (tertiary/aromatic N) is 1. The number of hydrogen-bond acceptors (Lipinski definition) is 2. The zero-order valence-electron chi connectivity index (χ0n) is 6.55. The van der Waals surface area contributed by atoms with Crippen LogP contribution in [0, 0.1) is 23.0 Å². The molecule has 0 unspecified atom stereocenters. The first-order valence-electron chi connectivity index (χ1n) is 3.50. The fourth-order valence-electron chi connectivity index (χ4n) is 0.920. The molecule has 1 aromatic rings. The van der Waals surface area contributed by atoms with Crippen LogP contribution in [0.5, 0.6) is 0 Å². The van der Waals surface area contributed by atoms with Gasteiger partial charge in [-0.25, -0.2) is 8.78 Å². The lowest BCUT2D eigenvalue weighted by Gasteiger charge is -1.99.